The van der Waals surface area contributed by atoms with Gasteiger partial charge >= 0.3 is 0 Å². The van der Waals surface area contributed by atoms with Crippen molar-refractivity contribution >= 4 is 34.4 Å². The van der Waals surface area contributed by atoms with Gasteiger partial charge in [0.2, 0.25) is 0 Å². The molecule has 0 radical (unpaired) electrons. The second-order valence-corrected chi connectivity index (χ2v) is 4.68. The Balaban J connectivity index is 2.34. The molecule has 0 heterocycles. The number of anilines is 4. The summed E-state index contributed by atoms with van der Waals surface area (Å²) >= 11 is 6.16. The van der Waals surface area contributed by atoms with Crippen LogP contribution in [0.3, 0.4) is 0 Å². The van der Waals surface area contributed by atoms with Crippen LogP contribution in [0.1, 0.15) is 0 Å². The quantitative estimate of drug-likeness (QED) is 0.827. The molecule has 2 rings (SSSR count). The van der Waals surface area contributed by atoms with Gasteiger partial charge in [0.05, 0.1) is 22.1 Å². The van der Waals surface area contributed by atoms with Crippen LogP contribution >= 0.6 is 11.6 Å². The van der Waals surface area contributed by atoms with Crippen molar-refractivity contribution in [3.63, 3.8) is 0 Å². The lowest BCUT2D eigenvalue weighted by molar-refractivity contribution is 1.13. The Kier molecular flexibility index (Phi) is 3.63. The number of nitrogen functional groups attached to an aromatic ring is 1. The first-order valence-electron chi connectivity index (χ1n) is 5.66. The summed E-state index contributed by atoms with van der Waals surface area (Å²) in [6, 6.07) is 13.5. The van der Waals surface area contributed by atoms with Crippen LogP contribution in [0.4, 0.5) is 22.7 Å². The van der Waals surface area contributed by atoms with E-state index in [2.05, 4.69) is 5.32 Å². The van der Waals surface area contributed by atoms with Gasteiger partial charge in [0, 0.05) is 19.8 Å². The Morgan fingerprint density at radius 3 is 2.44 bits per heavy atom. The topological polar surface area (TPSA) is 41.3 Å². The van der Waals surface area contributed by atoms with Gasteiger partial charge in [-0.15, -0.1) is 0 Å². The third-order valence-corrected chi connectivity index (χ3v) is 2.96. The summed E-state index contributed by atoms with van der Waals surface area (Å²) in [5.74, 6) is 0. The monoisotopic (exact) mass is 261 g/mol. The second-order valence-electron chi connectivity index (χ2n) is 4.28. The molecule has 3 nitrogen and oxygen atoms in total. The molecule has 94 valence electrons. The average Bonchev–Trinajstić information content (AvgIpc) is 2.33. The number of benzene rings is 2. The molecular weight excluding hydrogens is 246 g/mol. The number of nitrogens with zero attached hydrogens (tertiary/aromatic N) is 1. The van der Waals surface area contributed by atoms with E-state index in [1.165, 1.54) is 0 Å². The molecule has 0 saturated carbocycles. The number of halogens is 1. The zero-order valence-electron chi connectivity index (χ0n) is 10.4. The molecule has 3 N–H and O–H groups in total. The summed E-state index contributed by atoms with van der Waals surface area (Å²) in [7, 11) is 4.01. The SMILES string of the molecule is CN(C)c1ccccc1Nc1ccc(N)cc1Cl. The zero-order valence-corrected chi connectivity index (χ0v) is 11.2. The van der Waals surface area contributed by atoms with Gasteiger partial charge in [-0.25, -0.2) is 0 Å². The highest BCUT2D eigenvalue weighted by Gasteiger charge is 2.06. The molecule has 18 heavy (non-hydrogen) atoms. The van der Waals surface area contributed by atoms with Gasteiger partial charge in [-0.2, -0.15) is 0 Å². The van der Waals surface area contributed by atoms with E-state index in [0.717, 1.165) is 17.1 Å². The maximum absolute atomic E-state index is 6.16. The van der Waals surface area contributed by atoms with Crippen molar-refractivity contribution in [2.45, 2.75) is 0 Å². The number of hydrogen-bond donors (Lipinski definition) is 2. The van der Waals surface area contributed by atoms with E-state index in [9.17, 15) is 0 Å². The summed E-state index contributed by atoms with van der Waals surface area (Å²) in [4.78, 5) is 2.05. The van der Waals surface area contributed by atoms with Gasteiger partial charge in [-0.1, -0.05) is 23.7 Å². The van der Waals surface area contributed by atoms with Gasteiger partial charge in [0.15, 0.2) is 0 Å². The molecule has 0 saturated heterocycles. The fourth-order valence-electron chi connectivity index (χ4n) is 1.75. The third-order valence-electron chi connectivity index (χ3n) is 2.65. The van der Waals surface area contributed by atoms with Gasteiger partial charge in [0.1, 0.15) is 0 Å². The van der Waals surface area contributed by atoms with Crippen molar-refractivity contribution in [3.8, 4) is 0 Å². The molecule has 0 aliphatic heterocycles. The lowest BCUT2D eigenvalue weighted by Gasteiger charge is -2.19. The first kappa shape index (κ1) is 12.6. The van der Waals surface area contributed by atoms with Crippen molar-refractivity contribution in [2.75, 3.05) is 30.0 Å². The van der Waals surface area contributed by atoms with Gasteiger partial charge < -0.3 is 16.0 Å². The van der Waals surface area contributed by atoms with Crippen molar-refractivity contribution in [1.29, 1.82) is 0 Å². The number of nitrogens with one attached hydrogen (secondary N) is 1. The van der Waals surface area contributed by atoms with Crippen LogP contribution in [-0.4, -0.2) is 14.1 Å². The third kappa shape index (κ3) is 2.68. The summed E-state index contributed by atoms with van der Waals surface area (Å²) in [5.41, 5.74) is 9.30. The first-order chi connectivity index (χ1) is 8.58. The van der Waals surface area contributed by atoms with Crippen LogP contribution in [0.25, 0.3) is 0 Å². The molecule has 0 spiro atoms. The van der Waals surface area contributed by atoms with Gasteiger partial charge in [-0.05, 0) is 30.3 Å². The fourth-order valence-corrected chi connectivity index (χ4v) is 1.98. The van der Waals surface area contributed by atoms with Crippen molar-refractivity contribution in [3.05, 3.63) is 47.5 Å². The highest BCUT2D eigenvalue weighted by atomic mass is 35.5. The fraction of sp³-hybridized carbons (Fsp3) is 0.143. The van der Waals surface area contributed by atoms with Crippen LogP contribution in [0.15, 0.2) is 42.5 Å². The molecule has 0 fully saturated rings. The minimum absolute atomic E-state index is 0.614. The van der Waals surface area contributed by atoms with Crippen molar-refractivity contribution < 1.29 is 0 Å². The Hall–Kier alpha value is -1.87. The van der Waals surface area contributed by atoms with E-state index in [-0.39, 0.29) is 0 Å². The molecule has 2 aromatic rings. The number of para-hydroxylation sites is 2. The Morgan fingerprint density at radius 2 is 1.78 bits per heavy atom. The largest absolute Gasteiger partial charge is 0.399 e. The lowest BCUT2D eigenvalue weighted by atomic mass is 10.2. The van der Waals surface area contributed by atoms with Crippen LogP contribution in [0.5, 0.6) is 0 Å². The molecule has 4 heteroatoms. The summed E-state index contributed by atoms with van der Waals surface area (Å²) in [5, 5.41) is 3.93. The smallest absolute Gasteiger partial charge is 0.0661 e. The summed E-state index contributed by atoms with van der Waals surface area (Å²) < 4.78 is 0. The van der Waals surface area contributed by atoms with E-state index in [4.69, 9.17) is 17.3 Å². The minimum atomic E-state index is 0.614. The standard InChI is InChI=1S/C14H16ClN3/c1-18(2)14-6-4-3-5-13(14)17-12-8-7-10(16)9-11(12)15/h3-9,17H,16H2,1-2H3. The van der Waals surface area contributed by atoms with E-state index in [1.807, 2.05) is 55.4 Å². The second kappa shape index (κ2) is 5.19. The zero-order chi connectivity index (χ0) is 13.1. The highest BCUT2D eigenvalue weighted by molar-refractivity contribution is 6.33. The molecular formula is C14H16ClN3. The summed E-state index contributed by atoms with van der Waals surface area (Å²) in [6.45, 7) is 0. The first-order valence-corrected chi connectivity index (χ1v) is 6.04. The molecule has 0 unspecified atom stereocenters. The van der Waals surface area contributed by atoms with Crippen molar-refractivity contribution in [2.24, 2.45) is 0 Å². The molecule has 0 amide bonds. The minimum Gasteiger partial charge on any atom is -0.399 e. The van der Waals surface area contributed by atoms with E-state index < -0.39 is 0 Å². The van der Waals surface area contributed by atoms with Crippen LogP contribution < -0.4 is 16.0 Å². The average molecular weight is 262 g/mol. The van der Waals surface area contributed by atoms with Crippen LogP contribution in [0.2, 0.25) is 5.02 Å². The highest BCUT2D eigenvalue weighted by Crippen LogP contribution is 2.31. The van der Waals surface area contributed by atoms with Crippen molar-refractivity contribution in [1.82, 2.24) is 0 Å². The maximum atomic E-state index is 6.16. The molecule has 2 aromatic carbocycles. The van der Waals surface area contributed by atoms with Crippen LogP contribution in [0, 0.1) is 0 Å². The lowest BCUT2D eigenvalue weighted by Crippen LogP contribution is -2.10. The normalized spacial score (nSPS) is 10.2. The van der Waals surface area contributed by atoms with Gasteiger partial charge in [-0.3, -0.25) is 0 Å². The number of nitrogens with two attached hydrogens (primary N) is 1. The Morgan fingerprint density at radius 1 is 1.06 bits per heavy atom. The maximum Gasteiger partial charge on any atom is 0.0661 e. The van der Waals surface area contributed by atoms with E-state index >= 15 is 0 Å². The summed E-state index contributed by atoms with van der Waals surface area (Å²) in [6.07, 6.45) is 0. The predicted molar refractivity (Wildman–Crippen MR) is 79.9 cm³/mol. The molecule has 0 atom stereocenters. The van der Waals surface area contributed by atoms with E-state index in [1.54, 1.807) is 6.07 Å². The molecule has 0 bridgehead atoms. The van der Waals surface area contributed by atoms with E-state index in [0.29, 0.717) is 10.7 Å². The Labute approximate surface area is 112 Å². The molecule has 0 aromatic heterocycles. The number of rotatable bonds is 3. The van der Waals surface area contributed by atoms with Gasteiger partial charge in [0.25, 0.3) is 0 Å². The van der Waals surface area contributed by atoms with Crippen LogP contribution in [-0.2, 0) is 0 Å². The predicted octanol–water partition coefficient (Wildman–Crippen LogP) is 3.73. The molecule has 0 aliphatic carbocycles. The number of hydrogen-bond acceptors (Lipinski definition) is 3. The Bertz CT molecular complexity index is 552. The molecule has 0 aliphatic rings.